The predicted octanol–water partition coefficient (Wildman–Crippen LogP) is 4.20. The molecule has 0 aliphatic carbocycles. The van der Waals surface area contributed by atoms with E-state index in [1.807, 2.05) is 24.3 Å². The second-order valence-corrected chi connectivity index (χ2v) is 4.67. The Labute approximate surface area is 96.0 Å². The van der Waals surface area contributed by atoms with Crippen LogP contribution in [0.2, 0.25) is 4.47 Å². The molecule has 0 atom stereocenters. The van der Waals surface area contributed by atoms with E-state index in [1.54, 1.807) is 0 Å². The standard InChI is InChI=1S/C10H7Cl2NS/c11-5-1-2-7-3-4-8-9(6-7)14-10(12)13-8/h1-4,6H,5H2. The zero-order valence-corrected chi connectivity index (χ0v) is 9.53. The number of allylic oxidation sites excluding steroid dienone is 1. The molecule has 0 amide bonds. The lowest BCUT2D eigenvalue weighted by Gasteiger charge is -1.91. The molecule has 0 saturated heterocycles. The molecule has 0 aliphatic heterocycles. The molecule has 0 radical (unpaired) electrons. The van der Waals surface area contributed by atoms with Crippen LogP contribution in [-0.4, -0.2) is 10.9 Å². The lowest BCUT2D eigenvalue weighted by molar-refractivity contribution is 1.50. The average Bonchev–Trinajstić information content (AvgIpc) is 2.54. The van der Waals surface area contributed by atoms with Crippen LogP contribution in [0.15, 0.2) is 24.3 Å². The van der Waals surface area contributed by atoms with Gasteiger partial charge in [-0.2, -0.15) is 0 Å². The van der Waals surface area contributed by atoms with E-state index in [1.165, 1.54) is 11.3 Å². The van der Waals surface area contributed by atoms with Crippen LogP contribution in [0.3, 0.4) is 0 Å². The van der Waals surface area contributed by atoms with Crippen molar-refractivity contribution in [2.45, 2.75) is 0 Å². The Bertz CT molecular complexity index is 476. The summed E-state index contributed by atoms with van der Waals surface area (Å²) >= 11 is 12.9. The van der Waals surface area contributed by atoms with Gasteiger partial charge in [0.25, 0.3) is 0 Å². The highest BCUT2D eigenvalue weighted by molar-refractivity contribution is 7.22. The van der Waals surface area contributed by atoms with Gasteiger partial charge in [0.1, 0.15) is 0 Å². The predicted molar refractivity (Wildman–Crippen MR) is 64.4 cm³/mol. The molecular weight excluding hydrogens is 237 g/mol. The zero-order valence-electron chi connectivity index (χ0n) is 7.21. The van der Waals surface area contributed by atoms with E-state index >= 15 is 0 Å². The van der Waals surface area contributed by atoms with E-state index in [4.69, 9.17) is 23.2 Å². The van der Waals surface area contributed by atoms with Crippen molar-refractivity contribution in [2.24, 2.45) is 0 Å². The van der Waals surface area contributed by atoms with Crippen molar-refractivity contribution in [3.63, 3.8) is 0 Å². The summed E-state index contributed by atoms with van der Waals surface area (Å²) < 4.78 is 1.69. The summed E-state index contributed by atoms with van der Waals surface area (Å²) in [5.41, 5.74) is 2.07. The molecule has 14 heavy (non-hydrogen) atoms. The molecule has 0 aliphatic rings. The molecule has 0 spiro atoms. The molecule has 4 heteroatoms. The van der Waals surface area contributed by atoms with Crippen molar-refractivity contribution in [2.75, 3.05) is 5.88 Å². The Morgan fingerprint density at radius 3 is 3.07 bits per heavy atom. The fourth-order valence-corrected chi connectivity index (χ4v) is 2.37. The van der Waals surface area contributed by atoms with Crippen molar-refractivity contribution in [3.05, 3.63) is 34.3 Å². The van der Waals surface area contributed by atoms with Crippen LogP contribution >= 0.6 is 34.5 Å². The molecule has 0 saturated carbocycles. The van der Waals surface area contributed by atoms with Crippen LogP contribution in [0, 0.1) is 0 Å². The van der Waals surface area contributed by atoms with Crippen molar-refractivity contribution in [1.29, 1.82) is 0 Å². The topological polar surface area (TPSA) is 12.9 Å². The van der Waals surface area contributed by atoms with E-state index < -0.39 is 0 Å². The Morgan fingerprint density at radius 1 is 1.43 bits per heavy atom. The number of hydrogen-bond donors (Lipinski definition) is 0. The van der Waals surface area contributed by atoms with Gasteiger partial charge >= 0.3 is 0 Å². The SMILES string of the molecule is ClCC=Cc1ccc2nc(Cl)sc2c1. The van der Waals surface area contributed by atoms with Crippen LogP contribution in [0.25, 0.3) is 16.3 Å². The maximum Gasteiger partial charge on any atom is 0.184 e. The van der Waals surface area contributed by atoms with Gasteiger partial charge in [-0.3, -0.25) is 0 Å². The minimum atomic E-state index is 0.529. The van der Waals surface area contributed by atoms with Crippen LogP contribution in [0.5, 0.6) is 0 Å². The molecule has 1 nitrogen and oxygen atoms in total. The molecule has 0 bridgehead atoms. The maximum atomic E-state index is 5.81. The monoisotopic (exact) mass is 243 g/mol. The summed E-state index contributed by atoms with van der Waals surface area (Å²) in [6.07, 6.45) is 3.89. The van der Waals surface area contributed by atoms with Gasteiger partial charge in [-0.25, -0.2) is 4.98 Å². The molecule has 72 valence electrons. The number of rotatable bonds is 2. The summed E-state index contributed by atoms with van der Waals surface area (Å²) in [5.74, 6) is 0.529. The Morgan fingerprint density at radius 2 is 2.29 bits per heavy atom. The first kappa shape index (κ1) is 9.97. The summed E-state index contributed by atoms with van der Waals surface area (Å²) in [6.45, 7) is 0. The number of hydrogen-bond acceptors (Lipinski definition) is 2. The van der Waals surface area contributed by atoms with E-state index in [-0.39, 0.29) is 0 Å². The normalized spacial score (nSPS) is 11.6. The first-order valence-electron chi connectivity index (χ1n) is 4.08. The van der Waals surface area contributed by atoms with Crippen LogP contribution in [0.1, 0.15) is 5.56 Å². The Kier molecular flexibility index (Phi) is 3.06. The van der Waals surface area contributed by atoms with Crippen molar-refractivity contribution >= 4 is 50.8 Å². The molecule has 0 unspecified atom stereocenters. The van der Waals surface area contributed by atoms with Crippen molar-refractivity contribution in [3.8, 4) is 0 Å². The third-order valence-corrected chi connectivity index (χ3v) is 3.09. The number of nitrogens with zero attached hydrogens (tertiary/aromatic N) is 1. The van der Waals surface area contributed by atoms with Gasteiger partial charge < -0.3 is 0 Å². The quantitative estimate of drug-likeness (QED) is 0.721. The third kappa shape index (κ3) is 2.08. The third-order valence-electron chi connectivity index (χ3n) is 1.79. The number of thiazole rings is 1. The van der Waals surface area contributed by atoms with Crippen LogP contribution < -0.4 is 0 Å². The highest BCUT2D eigenvalue weighted by atomic mass is 35.5. The average molecular weight is 244 g/mol. The molecule has 1 aromatic heterocycles. The molecule has 2 aromatic rings. The van der Waals surface area contributed by atoms with E-state index in [2.05, 4.69) is 11.1 Å². The highest BCUT2D eigenvalue weighted by Crippen LogP contribution is 2.26. The number of aromatic nitrogens is 1. The van der Waals surface area contributed by atoms with Gasteiger partial charge in [-0.15, -0.1) is 22.9 Å². The molecule has 0 fully saturated rings. The van der Waals surface area contributed by atoms with Crippen molar-refractivity contribution in [1.82, 2.24) is 4.98 Å². The largest absolute Gasteiger partial charge is 0.225 e. The Balaban J connectivity index is 2.45. The lowest BCUT2D eigenvalue weighted by atomic mass is 10.2. The fourth-order valence-electron chi connectivity index (χ4n) is 1.20. The van der Waals surface area contributed by atoms with E-state index in [0.717, 1.165) is 15.8 Å². The Hall–Kier alpha value is -0.570. The fraction of sp³-hybridized carbons (Fsp3) is 0.100. The maximum absolute atomic E-state index is 5.81. The summed E-state index contributed by atoms with van der Waals surface area (Å²) in [4.78, 5) is 4.17. The number of alkyl halides is 1. The van der Waals surface area contributed by atoms with Gasteiger partial charge in [0, 0.05) is 5.88 Å². The highest BCUT2D eigenvalue weighted by Gasteiger charge is 2.00. The minimum Gasteiger partial charge on any atom is -0.225 e. The first-order valence-corrected chi connectivity index (χ1v) is 5.81. The summed E-state index contributed by atoms with van der Waals surface area (Å²) in [7, 11) is 0. The van der Waals surface area contributed by atoms with E-state index in [0.29, 0.717) is 10.3 Å². The van der Waals surface area contributed by atoms with Crippen LogP contribution in [0.4, 0.5) is 0 Å². The zero-order chi connectivity index (χ0) is 9.97. The summed E-state index contributed by atoms with van der Waals surface area (Å²) in [6, 6.07) is 6.02. The van der Waals surface area contributed by atoms with Crippen molar-refractivity contribution < 1.29 is 0 Å². The first-order chi connectivity index (χ1) is 6.79. The lowest BCUT2D eigenvalue weighted by Crippen LogP contribution is -1.72. The van der Waals surface area contributed by atoms with E-state index in [9.17, 15) is 0 Å². The second-order valence-electron chi connectivity index (χ2n) is 2.75. The molecule has 1 aromatic carbocycles. The molecule has 2 rings (SSSR count). The molecular formula is C10H7Cl2NS. The number of fused-ring (bicyclic) bond motifs is 1. The van der Waals surface area contributed by atoms with Gasteiger partial charge in [-0.05, 0) is 17.7 Å². The number of halogens is 2. The smallest absolute Gasteiger partial charge is 0.184 e. The van der Waals surface area contributed by atoms with Gasteiger partial charge in [0.05, 0.1) is 10.2 Å². The van der Waals surface area contributed by atoms with Gasteiger partial charge in [0.15, 0.2) is 4.47 Å². The molecule has 1 heterocycles. The van der Waals surface area contributed by atoms with Crippen LogP contribution in [-0.2, 0) is 0 Å². The number of benzene rings is 1. The second kappa shape index (κ2) is 4.30. The van der Waals surface area contributed by atoms with Gasteiger partial charge in [0.2, 0.25) is 0 Å². The minimum absolute atomic E-state index is 0.529. The molecule has 0 N–H and O–H groups in total. The van der Waals surface area contributed by atoms with Gasteiger partial charge in [-0.1, -0.05) is 29.8 Å². The summed E-state index contributed by atoms with van der Waals surface area (Å²) in [5, 5.41) is 0.